The second-order valence-electron chi connectivity index (χ2n) is 6.00. The first-order valence-corrected chi connectivity index (χ1v) is 8.90. The molecule has 0 bridgehead atoms. The second-order valence-corrected chi connectivity index (χ2v) is 6.00. The molecule has 0 radical (unpaired) electrons. The molecule has 0 aliphatic carbocycles. The molecule has 144 valence electrons. The molecule has 1 heterocycles. The second kappa shape index (κ2) is 9.15. The number of nitriles is 1. The minimum absolute atomic E-state index is 0.244. The molecule has 3 rings (SSSR count). The van der Waals surface area contributed by atoms with Crippen molar-refractivity contribution < 1.29 is 14.3 Å². The van der Waals surface area contributed by atoms with E-state index in [2.05, 4.69) is 21.7 Å². The average molecular weight is 386 g/mol. The summed E-state index contributed by atoms with van der Waals surface area (Å²) in [5, 5.41) is 14.7. The number of esters is 1. The molecule has 29 heavy (non-hydrogen) atoms. The number of ether oxygens (including phenoxy) is 1. The lowest BCUT2D eigenvalue weighted by atomic mass is 10.1. The van der Waals surface area contributed by atoms with E-state index < -0.39 is 11.9 Å². The van der Waals surface area contributed by atoms with Crippen LogP contribution in [-0.4, -0.2) is 23.5 Å². The third-order valence-corrected chi connectivity index (χ3v) is 3.97. The Morgan fingerprint density at radius 1 is 1.07 bits per heavy atom. The number of benzene rings is 2. The van der Waals surface area contributed by atoms with Crippen LogP contribution in [0.25, 0.3) is 0 Å². The van der Waals surface area contributed by atoms with Gasteiger partial charge in [0.2, 0.25) is 0 Å². The SMILES string of the molecule is CCOC(=O)c1ccccc1NC(=O)c1cncc(Nc2ccc(C#N)cc2)c1. The molecular weight excluding hydrogens is 368 g/mol. The number of hydrogen-bond donors (Lipinski definition) is 2. The smallest absolute Gasteiger partial charge is 0.340 e. The lowest BCUT2D eigenvalue weighted by Gasteiger charge is -2.11. The van der Waals surface area contributed by atoms with Gasteiger partial charge in [-0.1, -0.05) is 12.1 Å². The fraction of sp³-hybridized carbons (Fsp3) is 0.0909. The van der Waals surface area contributed by atoms with Crippen LogP contribution in [-0.2, 0) is 4.74 Å². The van der Waals surface area contributed by atoms with Gasteiger partial charge in [-0.15, -0.1) is 0 Å². The van der Waals surface area contributed by atoms with E-state index in [1.54, 1.807) is 67.7 Å². The lowest BCUT2D eigenvalue weighted by Crippen LogP contribution is -2.16. The van der Waals surface area contributed by atoms with Gasteiger partial charge >= 0.3 is 5.97 Å². The van der Waals surface area contributed by atoms with Crippen LogP contribution in [0.15, 0.2) is 67.0 Å². The number of rotatable bonds is 6. The molecule has 2 N–H and O–H groups in total. The molecule has 2 aromatic carbocycles. The molecule has 0 aliphatic rings. The minimum atomic E-state index is -0.502. The van der Waals surface area contributed by atoms with Crippen LogP contribution in [0.2, 0.25) is 0 Å². The van der Waals surface area contributed by atoms with Crippen molar-refractivity contribution in [1.82, 2.24) is 4.98 Å². The van der Waals surface area contributed by atoms with E-state index in [1.807, 2.05) is 0 Å². The first-order valence-electron chi connectivity index (χ1n) is 8.90. The average Bonchev–Trinajstić information content (AvgIpc) is 2.75. The topological polar surface area (TPSA) is 104 Å². The van der Waals surface area contributed by atoms with Crippen LogP contribution in [0.4, 0.5) is 17.1 Å². The lowest BCUT2D eigenvalue weighted by molar-refractivity contribution is 0.0527. The molecule has 7 heteroatoms. The van der Waals surface area contributed by atoms with Crippen LogP contribution in [0.5, 0.6) is 0 Å². The van der Waals surface area contributed by atoms with Crippen molar-refractivity contribution in [1.29, 1.82) is 5.26 Å². The van der Waals surface area contributed by atoms with Crippen LogP contribution in [0.1, 0.15) is 33.2 Å². The number of nitrogens with one attached hydrogen (secondary N) is 2. The number of pyridine rings is 1. The minimum Gasteiger partial charge on any atom is -0.462 e. The molecule has 1 amide bonds. The Morgan fingerprint density at radius 2 is 1.83 bits per heavy atom. The summed E-state index contributed by atoms with van der Waals surface area (Å²) in [5.74, 6) is -0.907. The van der Waals surface area contributed by atoms with E-state index in [0.717, 1.165) is 5.69 Å². The summed E-state index contributed by atoms with van der Waals surface area (Å²) < 4.78 is 5.03. The maximum absolute atomic E-state index is 12.7. The monoisotopic (exact) mass is 386 g/mol. The van der Waals surface area contributed by atoms with Crippen molar-refractivity contribution in [3.05, 3.63) is 83.7 Å². The highest BCUT2D eigenvalue weighted by atomic mass is 16.5. The zero-order valence-corrected chi connectivity index (χ0v) is 15.7. The summed E-state index contributed by atoms with van der Waals surface area (Å²) in [6.45, 7) is 1.96. The van der Waals surface area contributed by atoms with E-state index in [4.69, 9.17) is 10.00 Å². The Morgan fingerprint density at radius 3 is 2.55 bits per heavy atom. The molecule has 0 unspecified atom stereocenters. The molecule has 0 saturated carbocycles. The highest BCUT2D eigenvalue weighted by Gasteiger charge is 2.15. The predicted octanol–water partition coefficient (Wildman–Crippen LogP) is 4.13. The largest absolute Gasteiger partial charge is 0.462 e. The van der Waals surface area contributed by atoms with Gasteiger partial charge in [-0.2, -0.15) is 5.26 Å². The van der Waals surface area contributed by atoms with Crippen LogP contribution in [0.3, 0.4) is 0 Å². The van der Waals surface area contributed by atoms with Gasteiger partial charge in [0, 0.05) is 11.9 Å². The van der Waals surface area contributed by atoms with Gasteiger partial charge in [0.05, 0.1) is 46.9 Å². The summed E-state index contributed by atoms with van der Waals surface area (Å²) in [4.78, 5) is 28.8. The number of nitrogens with zero attached hydrogens (tertiary/aromatic N) is 2. The molecule has 3 aromatic rings. The highest BCUT2D eigenvalue weighted by molar-refractivity contribution is 6.08. The first kappa shape index (κ1) is 19.6. The molecule has 0 atom stereocenters. The molecule has 0 spiro atoms. The highest BCUT2D eigenvalue weighted by Crippen LogP contribution is 2.20. The standard InChI is InChI=1S/C22H18N4O3/c1-2-29-22(28)19-5-3-4-6-20(19)26-21(27)16-11-18(14-24-13-16)25-17-9-7-15(12-23)8-10-17/h3-11,13-14,25H,2H2,1H3,(H,26,27). The van der Waals surface area contributed by atoms with Crippen molar-refractivity contribution in [2.45, 2.75) is 6.92 Å². The third kappa shape index (κ3) is 4.96. The number of para-hydroxylation sites is 1. The molecular formula is C22H18N4O3. The normalized spacial score (nSPS) is 9.93. The van der Waals surface area contributed by atoms with Crippen LogP contribution >= 0.6 is 0 Å². The quantitative estimate of drug-likeness (QED) is 0.618. The van der Waals surface area contributed by atoms with E-state index in [-0.39, 0.29) is 12.2 Å². The molecule has 0 aliphatic heterocycles. The van der Waals surface area contributed by atoms with E-state index in [0.29, 0.717) is 22.5 Å². The number of anilines is 3. The summed E-state index contributed by atoms with van der Waals surface area (Å²) >= 11 is 0. The zero-order valence-electron chi connectivity index (χ0n) is 15.7. The summed E-state index contributed by atoms with van der Waals surface area (Å²) in [6.07, 6.45) is 3.02. The van der Waals surface area contributed by atoms with Crippen molar-refractivity contribution in [2.75, 3.05) is 17.2 Å². The van der Waals surface area contributed by atoms with Gasteiger partial charge in [-0.05, 0) is 49.4 Å². The van der Waals surface area contributed by atoms with Crippen molar-refractivity contribution in [3.63, 3.8) is 0 Å². The molecule has 1 aromatic heterocycles. The number of aromatic nitrogens is 1. The van der Waals surface area contributed by atoms with Gasteiger partial charge in [0.25, 0.3) is 5.91 Å². The number of amides is 1. The summed E-state index contributed by atoms with van der Waals surface area (Å²) in [5.41, 5.74) is 2.89. The summed E-state index contributed by atoms with van der Waals surface area (Å²) in [6, 6.07) is 17.3. The number of carbonyl (C=O) groups excluding carboxylic acids is 2. The Kier molecular flexibility index (Phi) is 6.18. The van der Waals surface area contributed by atoms with Crippen LogP contribution in [0, 0.1) is 11.3 Å². The van der Waals surface area contributed by atoms with Crippen molar-refractivity contribution in [3.8, 4) is 6.07 Å². The fourth-order valence-electron chi connectivity index (χ4n) is 2.60. The number of carbonyl (C=O) groups is 2. The van der Waals surface area contributed by atoms with Gasteiger partial charge in [0.15, 0.2) is 0 Å². The predicted molar refractivity (Wildman–Crippen MR) is 109 cm³/mol. The molecule has 0 fully saturated rings. The molecule has 7 nitrogen and oxygen atoms in total. The Bertz CT molecular complexity index is 1070. The Balaban J connectivity index is 1.76. The van der Waals surface area contributed by atoms with E-state index in [1.165, 1.54) is 6.20 Å². The fourth-order valence-corrected chi connectivity index (χ4v) is 2.60. The number of hydrogen-bond acceptors (Lipinski definition) is 6. The van der Waals surface area contributed by atoms with E-state index in [9.17, 15) is 9.59 Å². The third-order valence-electron chi connectivity index (χ3n) is 3.97. The van der Waals surface area contributed by atoms with E-state index >= 15 is 0 Å². The van der Waals surface area contributed by atoms with Crippen molar-refractivity contribution >= 4 is 28.9 Å². The van der Waals surface area contributed by atoms with Gasteiger partial charge in [-0.25, -0.2) is 4.79 Å². The first-order chi connectivity index (χ1) is 14.1. The van der Waals surface area contributed by atoms with Gasteiger partial charge in [0.1, 0.15) is 0 Å². The molecule has 0 saturated heterocycles. The maximum atomic E-state index is 12.7. The maximum Gasteiger partial charge on any atom is 0.340 e. The zero-order chi connectivity index (χ0) is 20.6. The van der Waals surface area contributed by atoms with Crippen molar-refractivity contribution in [2.24, 2.45) is 0 Å². The summed E-state index contributed by atoms with van der Waals surface area (Å²) in [7, 11) is 0. The van der Waals surface area contributed by atoms with Crippen LogP contribution < -0.4 is 10.6 Å². The van der Waals surface area contributed by atoms with Gasteiger partial charge in [-0.3, -0.25) is 9.78 Å². The Labute approximate surface area is 168 Å². The Hall–Kier alpha value is -4.18. The van der Waals surface area contributed by atoms with Gasteiger partial charge < -0.3 is 15.4 Å².